The van der Waals surface area contributed by atoms with Crippen molar-refractivity contribution in [3.8, 4) is 0 Å². The Morgan fingerprint density at radius 3 is 2.56 bits per heavy atom. The molecule has 1 heterocycles. The van der Waals surface area contributed by atoms with Gasteiger partial charge in [-0.1, -0.05) is 19.3 Å². The zero-order valence-corrected chi connectivity index (χ0v) is 11.7. The Hall–Kier alpha value is -0.610. The van der Waals surface area contributed by atoms with Crippen LogP contribution in [0.4, 0.5) is 0 Å². The van der Waals surface area contributed by atoms with Crippen molar-refractivity contribution in [2.75, 3.05) is 26.3 Å². The second-order valence-corrected chi connectivity index (χ2v) is 5.76. The molecule has 0 spiro atoms. The van der Waals surface area contributed by atoms with E-state index < -0.39 is 0 Å². The Bertz CT molecular complexity index is 273. The summed E-state index contributed by atoms with van der Waals surface area (Å²) in [6.07, 6.45) is 5.34. The first-order valence-electron chi connectivity index (χ1n) is 7.29. The van der Waals surface area contributed by atoms with Gasteiger partial charge in [0, 0.05) is 19.1 Å². The molecule has 1 aliphatic carbocycles. The summed E-state index contributed by atoms with van der Waals surface area (Å²) in [4.78, 5) is 14.1. The van der Waals surface area contributed by atoms with E-state index >= 15 is 0 Å². The minimum absolute atomic E-state index is 0.0711. The van der Waals surface area contributed by atoms with Crippen LogP contribution in [0.1, 0.15) is 39.5 Å². The van der Waals surface area contributed by atoms with Crippen LogP contribution in [0.3, 0.4) is 0 Å². The lowest BCUT2D eigenvalue weighted by molar-refractivity contribution is -0.137. The molecule has 1 N–H and O–H groups in total. The summed E-state index contributed by atoms with van der Waals surface area (Å²) >= 11 is 0. The third-order valence-electron chi connectivity index (χ3n) is 4.14. The van der Waals surface area contributed by atoms with Crippen LogP contribution in [0.2, 0.25) is 0 Å². The van der Waals surface area contributed by atoms with Gasteiger partial charge in [0.1, 0.15) is 0 Å². The van der Waals surface area contributed by atoms with Crippen LogP contribution in [0, 0.1) is 5.92 Å². The molecule has 104 valence electrons. The standard InChI is InChI=1S/C14H26N2O2/c1-11(10-13-4-3-5-13)15-12(2)14(17)16-6-8-18-9-7-16/h11-13,15H,3-10H2,1-2H3. The molecule has 1 aliphatic heterocycles. The summed E-state index contributed by atoms with van der Waals surface area (Å²) in [5.41, 5.74) is 0. The molecule has 0 bridgehead atoms. The highest BCUT2D eigenvalue weighted by Gasteiger charge is 2.25. The van der Waals surface area contributed by atoms with Crippen molar-refractivity contribution < 1.29 is 9.53 Å². The minimum Gasteiger partial charge on any atom is -0.378 e. The van der Waals surface area contributed by atoms with Crippen molar-refractivity contribution in [2.24, 2.45) is 5.92 Å². The number of hydrogen-bond acceptors (Lipinski definition) is 3. The zero-order chi connectivity index (χ0) is 13.0. The van der Waals surface area contributed by atoms with Crippen LogP contribution in [0.15, 0.2) is 0 Å². The molecule has 0 aromatic heterocycles. The molecule has 4 heteroatoms. The lowest BCUT2D eigenvalue weighted by Crippen LogP contribution is -2.51. The van der Waals surface area contributed by atoms with E-state index in [0.29, 0.717) is 19.3 Å². The fraction of sp³-hybridized carbons (Fsp3) is 0.929. The molecule has 2 aliphatic rings. The van der Waals surface area contributed by atoms with Crippen LogP contribution < -0.4 is 5.32 Å². The van der Waals surface area contributed by atoms with E-state index in [1.165, 1.54) is 25.7 Å². The third-order valence-corrected chi connectivity index (χ3v) is 4.14. The molecule has 0 radical (unpaired) electrons. The van der Waals surface area contributed by atoms with Crippen molar-refractivity contribution in [3.05, 3.63) is 0 Å². The molecule has 18 heavy (non-hydrogen) atoms. The Balaban J connectivity index is 1.71. The summed E-state index contributed by atoms with van der Waals surface area (Å²) < 4.78 is 5.27. The van der Waals surface area contributed by atoms with Crippen molar-refractivity contribution in [1.29, 1.82) is 0 Å². The normalized spacial score (nSPS) is 24.4. The van der Waals surface area contributed by atoms with Crippen LogP contribution in [0.25, 0.3) is 0 Å². The van der Waals surface area contributed by atoms with E-state index in [1.807, 2.05) is 11.8 Å². The van der Waals surface area contributed by atoms with E-state index in [4.69, 9.17) is 4.74 Å². The van der Waals surface area contributed by atoms with Gasteiger partial charge in [-0.05, 0) is 26.2 Å². The van der Waals surface area contributed by atoms with Crippen LogP contribution in [-0.4, -0.2) is 49.2 Å². The predicted octanol–water partition coefficient (Wildman–Crippen LogP) is 1.40. The predicted molar refractivity (Wildman–Crippen MR) is 71.4 cm³/mol. The fourth-order valence-electron chi connectivity index (χ4n) is 2.85. The average Bonchev–Trinajstić information content (AvgIpc) is 2.34. The van der Waals surface area contributed by atoms with Crippen LogP contribution in [-0.2, 0) is 9.53 Å². The number of carbonyl (C=O) groups excluding carboxylic acids is 1. The maximum atomic E-state index is 12.2. The van der Waals surface area contributed by atoms with Gasteiger partial charge in [0.05, 0.1) is 19.3 Å². The molecule has 2 rings (SSSR count). The highest BCUT2D eigenvalue weighted by molar-refractivity contribution is 5.81. The highest BCUT2D eigenvalue weighted by Crippen LogP contribution is 2.30. The Labute approximate surface area is 110 Å². The first-order chi connectivity index (χ1) is 8.66. The highest BCUT2D eigenvalue weighted by atomic mass is 16.5. The van der Waals surface area contributed by atoms with Gasteiger partial charge in [0.2, 0.25) is 5.91 Å². The lowest BCUT2D eigenvalue weighted by atomic mass is 9.81. The molecule has 1 saturated carbocycles. The molecule has 1 amide bonds. The second kappa shape index (κ2) is 6.53. The zero-order valence-electron chi connectivity index (χ0n) is 11.7. The van der Waals surface area contributed by atoms with Crippen molar-refractivity contribution in [1.82, 2.24) is 10.2 Å². The molecule has 2 fully saturated rings. The molecule has 4 nitrogen and oxygen atoms in total. The maximum absolute atomic E-state index is 12.2. The second-order valence-electron chi connectivity index (χ2n) is 5.76. The number of rotatable bonds is 5. The maximum Gasteiger partial charge on any atom is 0.239 e. The molecular weight excluding hydrogens is 228 g/mol. The average molecular weight is 254 g/mol. The SMILES string of the molecule is CC(CC1CCC1)NC(C)C(=O)N1CCOCC1. The van der Waals surface area contributed by atoms with Gasteiger partial charge in [-0.3, -0.25) is 4.79 Å². The van der Waals surface area contributed by atoms with Crippen LogP contribution >= 0.6 is 0 Å². The van der Waals surface area contributed by atoms with Gasteiger partial charge in [-0.15, -0.1) is 0 Å². The monoisotopic (exact) mass is 254 g/mol. The number of amides is 1. The van der Waals surface area contributed by atoms with Gasteiger partial charge >= 0.3 is 0 Å². The Kier molecular flexibility index (Phi) is 5.01. The lowest BCUT2D eigenvalue weighted by Gasteiger charge is -2.32. The Morgan fingerprint density at radius 2 is 2.00 bits per heavy atom. The van der Waals surface area contributed by atoms with Crippen molar-refractivity contribution >= 4 is 5.91 Å². The molecule has 0 aromatic rings. The summed E-state index contributed by atoms with van der Waals surface area (Å²) in [5, 5.41) is 3.44. The molecular formula is C14H26N2O2. The number of morpholine rings is 1. The van der Waals surface area contributed by atoms with Crippen molar-refractivity contribution in [2.45, 2.75) is 51.6 Å². The number of carbonyl (C=O) groups is 1. The number of hydrogen-bond donors (Lipinski definition) is 1. The van der Waals surface area contributed by atoms with E-state index in [9.17, 15) is 4.79 Å². The van der Waals surface area contributed by atoms with Crippen molar-refractivity contribution in [3.63, 3.8) is 0 Å². The van der Waals surface area contributed by atoms with E-state index in [-0.39, 0.29) is 11.9 Å². The van der Waals surface area contributed by atoms with E-state index in [0.717, 1.165) is 19.0 Å². The van der Waals surface area contributed by atoms with Crippen LogP contribution in [0.5, 0.6) is 0 Å². The van der Waals surface area contributed by atoms with E-state index in [1.54, 1.807) is 0 Å². The quantitative estimate of drug-likeness (QED) is 0.806. The smallest absolute Gasteiger partial charge is 0.239 e. The molecule has 2 unspecified atom stereocenters. The summed E-state index contributed by atoms with van der Waals surface area (Å²) in [6.45, 7) is 7.01. The Morgan fingerprint density at radius 1 is 1.33 bits per heavy atom. The topological polar surface area (TPSA) is 41.6 Å². The third kappa shape index (κ3) is 3.69. The summed E-state index contributed by atoms with van der Waals surface area (Å²) in [6, 6.07) is 0.369. The number of nitrogens with zero attached hydrogens (tertiary/aromatic N) is 1. The molecule has 0 aromatic carbocycles. The number of nitrogens with one attached hydrogen (secondary N) is 1. The summed E-state index contributed by atoms with van der Waals surface area (Å²) in [5.74, 6) is 1.11. The largest absolute Gasteiger partial charge is 0.378 e. The molecule has 2 atom stereocenters. The van der Waals surface area contributed by atoms with Gasteiger partial charge in [-0.2, -0.15) is 0 Å². The van der Waals surface area contributed by atoms with E-state index in [2.05, 4.69) is 12.2 Å². The number of ether oxygens (including phenoxy) is 1. The minimum atomic E-state index is -0.0711. The van der Waals surface area contributed by atoms with Gasteiger partial charge in [-0.25, -0.2) is 0 Å². The fourth-order valence-corrected chi connectivity index (χ4v) is 2.85. The van der Waals surface area contributed by atoms with Gasteiger partial charge < -0.3 is 15.0 Å². The molecule has 1 saturated heterocycles. The summed E-state index contributed by atoms with van der Waals surface area (Å²) in [7, 11) is 0. The first kappa shape index (κ1) is 13.8. The van der Waals surface area contributed by atoms with Gasteiger partial charge in [0.15, 0.2) is 0 Å². The first-order valence-corrected chi connectivity index (χ1v) is 7.29. The van der Waals surface area contributed by atoms with Gasteiger partial charge in [0.25, 0.3) is 0 Å².